The van der Waals surface area contributed by atoms with Crippen molar-refractivity contribution in [1.82, 2.24) is 10.3 Å². The van der Waals surface area contributed by atoms with Crippen LogP contribution in [0, 0.1) is 5.82 Å². The summed E-state index contributed by atoms with van der Waals surface area (Å²) < 4.78 is 13.1. The van der Waals surface area contributed by atoms with Crippen molar-refractivity contribution in [2.24, 2.45) is 0 Å². The van der Waals surface area contributed by atoms with Crippen molar-refractivity contribution in [1.29, 1.82) is 0 Å². The maximum absolute atomic E-state index is 13.1. The summed E-state index contributed by atoms with van der Waals surface area (Å²) in [6.07, 6.45) is 1.76. The van der Waals surface area contributed by atoms with E-state index >= 15 is 0 Å². The van der Waals surface area contributed by atoms with E-state index in [-0.39, 0.29) is 11.7 Å². The summed E-state index contributed by atoms with van der Waals surface area (Å²) in [6.45, 7) is 0.402. The van der Waals surface area contributed by atoms with Crippen LogP contribution < -0.4 is 5.32 Å². The smallest absolute Gasteiger partial charge is 0.251 e. The topological polar surface area (TPSA) is 42.0 Å². The van der Waals surface area contributed by atoms with Gasteiger partial charge >= 0.3 is 0 Å². The van der Waals surface area contributed by atoms with Crippen molar-refractivity contribution in [3.8, 4) is 21.7 Å². The molecule has 0 unspecified atom stereocenters. The molecule has 0 aliphatic rings. The van der Waals surface area contributed by atoms with Crippen LogP contribution in [0.2, 0.25) is 0 Å². The number of halogens is 1. The van der Waals surface area contributed by atoms with Gasteiger partial charge < -0.3 is 5.32 Å². The van der Waals surface area contributed by atoms with Gasteiger partial charge in [-0.3, -0.25) is 9.78 Å². The van der Waals surface area contributed by atoms with Crippen LogP contribution in [0.3, 0.4) is 0 Å². The fourth-order valence-electron chi connectivity index (χ4n) is 2.95. The van der Waals surface area contributed by atoms with Crippen LogP contribution in [0.1, 0.15) is 15.9 Å². The largest absolute Gasteiger partial charge is 0.348 e. The fourth-order valence-corrected chi connectivity index (χ4v) is 3.71. The molecule has 2 heterocycles. The van der Waals surface area contributed by atoms with Crippen molar-refractivity contribution in [2.45, 2.75) is 6.54 Å². The number of carbonyl (C=O) groups is 1. The fraction of sp³-hybridized carbons (Fsp3) is 0.0435. The lowest BCUT2D eigenvalue weighted by Gasteiger charge is -2.09. The van der Waals surface area contributed by atoms with Crippen molar-refractivity contribution in [3.63, 3.8) is 0 Å². The quantitative estimate of drug-likeness (QED) is 0.487. The van der Waals surface area contributed by atoms with Gasteiger partial charge in [0.1, 0.15) is 5.82 Å². The first-order valence-electron chi connectivity index (χ1n) is 8.83. The molecule has 4 rings (SSSR count). The minimum absolute atomic E-state index is 0.147. The molecule has 0 radical (unpaired) electrons. The van der Waals surface area contributed by atoms with Gasteiger partial charge in [-0.2, -0.15) is 0 Å². The number of aromatic nitrogens is 1. The van der Waals surface area contributed by atoms with Gasteiger partial charge in [0, 0.05) is 18.3 Å². The highest BCUT2D eigenvalue weighted by molar-refractivity contribution is 7.13. The molecule has 28 heavy (non-hydrogen) atoms. The first-order chi connectivity index (χ1) is 13.7. The number of hydrogen-bond donors (Lipinski definition) is 1. The molecular formula is C23H17FN2OS. The van der Waals surface area contributed by atoms with Gasteiger partial charge in [0.2, 0.25) is 0 Å². The molecule has 0 spiro atoms. The summed E-state index contributed by atoms with van der Waals surface area (Å²) in [5.41, 5.74) is 4.28. The normalized spacial score (nSPS) is 10.6. The summed E-state index contributed by atoms with van der Waals surface area (Å²) in [5, 5.41) is 4.97. The first-order valence-corrected chi connectivity index (χ1v) is 9.70. The van der Waals surface area contributed by atoms with Crippen LogP contribution in [0.15, 0.2) is 84.4 Å². The third-order valence-corrected chi connectivity index (χ3v) is 5.29. The minimum Gasteiger partial charge on any atom is -0.348 e. The Balaban J connectivity index is 1.46. The van der Waals surface area contributed by atoms with Gasteiger partial charge in [0.05, 0.1) is 10.6 Å². The maximum atomic E-state index is 13.1. The molecule has 0 saturated heterocycles. The molecule has 1 amide bonds. The number of rotatable bonds is 5. The van der Waals surface area contributed by atoms with Crippen LogP contribution >= 0.6 is 11.3 Å². The second-order valence-electron chi connectivity index (χ2n) is 6.26. The van der Waals surface area contributed by atoms with E-state index < -0.39 is 0 Å². The zero-order valence-corrected chi connectivity index (χ0v) is 15.7. The molecule has 0 fully saturated rings. The van der Waals surface area contributed by atoms with Crippen molar-refractivity contribution < 1.29 is 9.18 Å². The van der Waals surface area contributed by atoms with Crippen molar-refractivity contribution in [2.75, 3.05) is 0 Å². The lowest BCUT2D eigenvalue weighted by molar-refractivity contribution is 0.0951. The number of amides is 1. The molecular weight excluding hydrogens is 371 g/mol. The van der Waals surface area contributed by atoms with Crippen LogP contribution in [0.4, 0.5) is 4.39 Å². The molecule has 0 atom stereocenters. The van der Waals surface area contributed by atoms with Crippen LogP contribution in [0.5, 0.6) is 0 Å². The summed E-state index contributed by atoms with van der Waals surface area (Å²) in [7, 11) is 0. The Kier molecular flexibility index (Phi) is 5.26. The average molecular weight is 388 g/mol. The molecule has 2 aromatic carbocycles. The second kappa shape index (κ2) is 8.15. The average Bonchev–Trinajstić information content (AvgIpc) is 3.28. The van der Waals surface area contributed by atoms with E-state index in [1.54, 1.807) is 41.8 Å². The summed E-state index contributed by atoms with van der Waals surface area (Å²) >= 11 is 1.62. The van der Waals surface area contributed by atoms with Crippen LogP contribution in [0.25, 0.3) is 21.7 Å². The summed E-state index contributed by atoms with van der Waals surface area (Å²) in [4.78, 5) is 18.1. The third kappa shape index (κ3) is 4.00. The molecule has 0 saturated carbocycles. The van der Waals surface area contributed by atoms with E-state index in [1.807, 2.05) is 41.8 Å². The summed E-state index contributed by atoms with van der Waals surface area (Å²) in [5.74, 6) is -0.413. The Bertz CT molecular complexity index is 1070. The van der Waals surface area contributed by atoms with E-state index in [1.165, 1.54) is 12.1 Å². The number of pyridine rings is 1. The van der Waals surface area contributed by atoms with E-state index in [0.29, 0.717) is 12.1 Å². The molecule has 0 aliphatic carbocycles. The zero-order chi connectivity index (χ0) is 19.3. The predicted molar refractivity (Wildman–Crippen MR) is 111 cm³/mol. The maximum Gasteiger partial charge on any atom is 0.251 e. The van der Waals surface area contributed by atoms with Gasteiger partial charge in [-0.25, -0.2) is 4.39 Å². The van der Waals surface area contributed by atoms with E-state index in [9.17, 15) is 9.18 Å². The predicted octanol–water partition coefficient (Wildman–Crippen LogP) is 5.55. The monoisotopic (exact) mass is 388 g/mol. The van der Waals surface area contributed by atoms with Crippen molar-refractivity contribution >= 4 is 17.2 Å². The van der Waals surface area contributed by atoms with E-state index in [2.05, 4.69) is 10.3 Å². The molecule has 138 valence electrons. The van der Waals surface area contributed by atoms with Gasteiger partial charge in [-0.05, 0) is 58.5 Å². The highest BCUT2D eigenvalue weighted by Crippen LogP contribution is 2.26. The van der Waals surface area contributed by atoms with Gasteiger partial charge in [-0.1, -0.05) is 36.4 Å². The number of benzene rings is 2. The minimum atomic E-state index is -0.267. The van der Waals surface area contributed by atoms with E-state index in [0.717, 1.165) is 27.3 Å². The molecule has 2 aromatic heterocycles. The van der Waals surface area contributed by atoms with Gasteiger partial charge in [0.25, 0.3) is 5.91 Å². The zero-order valence-electron chi connectivity index (χ0n) is 14.9. The first kappa shape index (κ1) is 18.1. The number of nitrogens with zero attached hydrogens (tertiary/aromatic N) is 1. The standard InChI is InChI=1S/C23H17FN2OS/c24-20-11-9-17(10-12-20)16-5-7-18(8-6-16)23(27)26-15-19-3-1-13-25-22(19)21-4-2-14-28-21/h1-14H,15H2,(H,26,27). The molecule has 1 N–H and O–H groups in total. The van der Waals surface area contributed by atoms with Gasteiger partial charge in [-0.15, -0.1) is 11.3 Å². The molecule has 4 aromatic rings. The Morgan fingerprint density at radius 2 is 1.64 bits per heavy atom. The molecule has 3 nitrogen and oxygen atoms in total. The Hall–Kier alpha value is -3.31. The lowest BCUT2D eigenvalue weighted by atomic mass is 10.0. The molecule has 0 aliphatic heterocycles. The lowest BCUT2D eigenvalue weighted by Crippen LogP contribution is -2.23. The second-order valence-corrected chi connectivity index (χ2v) is 7.20. The SMILES string of the molecule is O=C(NCc1cccnc1-c1cccs1)c1ccc(-c2ccc(F)cc2)cc1. The number of carbonyl (C=O) groups excluding carboxylic acids is 1. The molecule has 5 heteroatoms. The third-order valence-electron chi connectivity index (χ3n) is 4.41. The Morgan fingerprint density at radius 3 is 2.32 bits per heavy atom. The highest BCUT2D eigenvalue weighted by atomic mass is 32.1. The number of nitrogens with one attached hydrogen (secondary N) is 1. The van der Waals surface area contributed by atoms with E-state index in [4.69, 9.17) is 0 Å². The molecule has 0 bridgehead atoms. The van der Waals surface area contributed by atoms with Crippen LogP contribution in [-0.4, -0.2) is 10.9 Å². The highest BCUT2D eigenvalue weighted by Gasteiger charge is 2.10. The summed E-state index contributed by atoms with van der Waals surface area (Å²) in [6, 6.07) is 21.4. The Morgan fingerprint density at radius 1 is 0.929 bits per heavy atom. The number of thiophene rings is 1. The van der Waals surface area contributed by atoms with Crippen molar-refractivity contribution in [3.05, 3.63) is 101 Å². The Labute approximate surface area is 166 Å². The number of hydrogen-bond acceptors (Lipinski definition) is 3. The van der Waals surface area contributed by atoms with Gasteiger partial charge in [0.15, 0.2) is 0 Å². The van der Waals surface area contributed by atoms with Crippen LogP contribution in [-0.2, 0) is 6.54 Å².